The van der Waals surface area contributed by atoms with Crippen LogP contribution in [0.2, 0.25) is 5.02 Å². The SMILES string of the molecule is Cc1cc(Cl)c(OCC2CCC2)c(CC(C)(C)C(=O)O)c1. The molecule has 1 N–H and O–H groups in total. The Hall–Kier alpha value is -1.22. The van der Waals surface area contributed by atoms with E-state index in [1.54, 1.807) is 13.8 Å². The number of aryl methyl sites for hydroxylation is 1. The molecular formula is C17H23ClO3. The first-order valence-corrected chi connectivity index (χ1v) is 7.82. The molecule has 0 spiro atoms. The lowest BCUT2D eigenvalue weighted by molar-refractivity contribution is -0.146. The number of carboxylic acid groups (broad SMARTS) is 1. The Balaban J connectivity index is 2.22. The van der Waals surface area contributed by atoms with E-state index >= 15 is 0 Å². The fourth-order valence-electron chi connectivity index (χ4n) is 2.51. The van der Waals surface area contributed by atoms with Crippen molar-refractivity contribution in [2.24, 2.45) is 11.3 Å². The minimum Gasteiger partial charge on any atom is -0.491 e. The van der Waals surface area contributed by atoms with Crippen LogP contribution in [0.15, 0.2) is 12.1 Å². The normalized spacial score (nSPS) is 15.6. The molecule has 1 saturated carbocycles. The molecule has 0 saturated heterocycles. The Morgan fingerprint density at radius 3 is 2.62 bits per heavy atom. The maximum Gasteiger partial charge on any atom is 0.309 e. The largest absolute Gasteiger partial charge is 0.491 e. The summed E-state index contributed by atoms with van der Waals surface area (Å²) in [5, 5.41) is 9.90. The van der Waals surface area contributed by atoms with Crippen molar-refractivity contribution in [3.8, 4) is 5.75 Å². The maximum absolute atomic E-state index is 11.4. The van der Waals surface area contributed by atoms with Crippen molar-refractivity contribution in [3.63, 3.8) is 0 Å². The van der Waals surface area contributed by atoms with Crippen LogP contribution in [-0.4, -0.2) is 17.7 Å². The van der Waals surface area contributed by atoms with Gasteiger partial charge in [-0.1, -0.05) is 24.1 Å². The number of carboxylic acids is 1. The lowest BCUT2D eigenvalue weighted by Crippen LogP contribution is -2.27. The number of benzene rings is 1. The van der Waals surface area contributed by atoms with E-state index in [1.165, 1.54) is 19.3 Å². The van der Waals surface area contributed by atoms with Gasteiger partial charge in [-0.3, -0.25) is 4.79 Å². The Labute approximate surface area is 131 Å². The van der Waals surface area contributed by atoms with Gasteiger partial charge in [0.2, 0.25) is 0 Å². The molecule has 0 atom stereocenters. The zero-order valence-corrected chi connectivity index (χ0v) is 13.7. The molecule has 1 aliphatic rings. The summed E-state index contributed by atoms with van der Waals surface area (Å²) in [7, 11) is 0. The van der Waals surface area contributed by atoms with Crippen molar-refractivity contribution in [1.82, 2.24) is 0 Å². The Morgan fingerprint density at radius 1 is 1.43 bits per heavy atom. The zero-order valence-electron chi connectivity index (χ0n) is 12.9. The van der Waals surface area contributed by atoms with E-state index in [0.717, 1.165) is 11.1 Å². The maximum atomic E-state index is 11.4. The van der Waals surface area contributed by atoms with E-state index in [0.29, 0.717) is 29.7 Å². The minimum atomic E-state index is -0.842. The van der Waals surface area contributed by atoms with Crippen molar-refractivity contribution in [1.29, 1.82) is 0 Å². The Bertz CT molecular complexity index is 533. The predicted octanol–water partition coefficient (Wildman–Crippen LogP) is 4.48. The van der Waals surface area contributed by atoms with Gasteiger partial charge in [0, 0.05) is 0 Å². The molecule has 2 rings (SSSR count). The smallest absolute Gasteiger partial charge is 0.309 e. The summed E-state index contributed by atoms with van der Waals surface area (Å²) in [5.41, 5.74) is 1.06. The second-order valence-electron chi connectivity index (χ2n) is 6.71. The number of hydrogen-bond donors (Lipinski definition) is 1. The van der Waals surface area contributed by atoms with Crippen molar-refractivity contribution >= 4 is 17.6 Å². The monoisotopic (exact) mass is 310 g/mol. The number of ether oxygens (including phenoxy) is 1. The van der Waals surface area contributed by atoms with Gasteiger partial charge in [-0.2, -0.15) is 0 Å². The minimum absolute atomic E-state index is 0.406. The fourth-order valence-corrected chi connectivity index (χ4v) is 2.85. The summed E-state index contributed by atoms with van der Waals surface area (Å²) in [6.07, 6.45) is 4.09. The van der Waals surface area contributed by atoms with Crippen LogP contribution in [-0.2, 0) is 11.2 Å². The average Bonchev–Trinajstić information content (AvgIpc) is 2.29. The first kappa shape index (κ1) is 16.2. The molecular weight excluding hydrogens is 288 g/mol. The molecule has 4 heteroatoms. The molecule has 0 aliphatic heterocycles. The summed E-state index contributed by atoms with van der Waals surface area (Å²) in [6.45, 7) is 6.07. The predicted molar refractivity (Wildman–Crippen MR) is 84.1 cm³/mol. The summed E-state index contributed by atoms with van der Waals surface area (Å²) >= 11 is 6.32. The summed E-state index contributed by atoms with van der Waals surface area (Å²) in [5.74, 6) is 0.455. The molecule has 3 nitrogen and oxygen atoms in total. The van der Waals surface area contributed by atoms with Crippen LogP contribution in [0.4, 0.5) is 0 Å². The Kier molecular flexibility index (Phi) is 4.82. The number of halogens is 1. The third-order valence-electron chi connectivity index (χ3n) is 4.16. The van der Waals surface area contributed by atoms with E-state index in [-0.39, 0.29) is 0 Å². The van der Waals surface area contributed by atoms with Gasteiger partial charge in [0.05, 0.1) is 17.0 Å². The van der Waals surface area contributed by atoms with E-state index in [1.807, 2.05) is 19.1 Å². The molecule has 0 radical (unpaired) electrons. The van der Waals surface area contributed by atoms with Gasteiger partial charge in [0.25, 0.3) is 0 Å². The van der Waals surface area contributed by atoms with Crippen LogP contribution in [0.25, 0.3) is 0 Å². The molecule has 1 aromatic rings. The van der Waals surface area contributed by atoms with Crippen molar-refractivity contribution in [3.05, 3.63) is 28.3 Å². The van der Waals surface area contributed by atoms with Gasteiger partial charge in [0.1, 0.15) is 5.75 Å². The number of hydrogen-bond acceptors (Lipinski definition) is 2. The molecule has 0 amide bonds. The van der Waals surface area contributed by atoms with E-state index in [9.17, 15) is 9.90 Å². The van der Waals surface area contributed by atoms with Crippen LogP contribution >= 0.6 is 11.6 Å². The summed E-state index contributed by atoms with van der Waals surface area (Å²) < 4.78 is 5.93. The van der Waals surface area contributed by atoms with E-state index in [2.05, 4.69) is 0 Å². The van der Waals surface area contributed by atoms with Gasteiger partial charge in [-0.05, 0) is 63.1 Å². The molecule has 0 bridgehead atoms. The lowest BCUT2D eigenvalue weighted by Gasteiger charge is -2.27. The molecule has 1 fully saturated rings. The molecule has 1 aliphatic carbocycles. The molecule has 1 aromatic carbocycles. The van der Waals surface area contributed by atoms with Gasteiger partial charge in [-0.15, -0.1) is 0 Å². The topological polar surface area (TPSA) is 46.5 Å². The highest BCUT2D eigenvalue weighted by Crippen LogP contribution is 2.36. The third kappa shape index (κ3) is 3.91. The van der Waals surface area contributed by atoms with E-state index in [4.69, 9.17) is 16.3 Å². The Morgan fingerprint density at radius 2 is 2.10 bits per heavy atom. The fraction of sp³-hybridized carbons (Fsp3) is 0.588. The average molecular weight is 311 g/mol. The number of aliphatic carboxylic acids is 1. The van der Waals surface area contributed by atoms with Crippen LogP contribution in [0.1, 0.15) is 44.2 Å². The van der Waals surface area contributed by atoms with Gasteiger partial charge in [0.15, 0.2) is 0 Å². The standard InChI is InChI=1S/C17H23ClO3/c1-11-7-13(9-17(2,3)16(19)20)15(14(18)8-11)21-10-12-5-4-6-12/h7-8,12H,4-6,9-10H2,1-3H3,(H,19,20). The van der Waals surface area contributed by atoms with Crippen LogP contribution in [0.5, 0.6) is 5.75 Å². The van der Waals surface area contributed by atoms with Crippen LogP contribution in [0, 0.1) is 18.3 Å². The van der Waals surface area contributed by atoms with Crippen LogP contribution < -0.4 is 4.74 Å². The molecule has 116 valence electrons. The third-order valence-corrected chi connectivity index (χ3v) is 4.45. The lowest BCUT2D eigenvalue weighted by atomic mass is 9.85. The summed E-state index contributed by atoms with van der Waals surface area (Å²) in [6, 6.07) is 3.85. The first-order chi connectivity index (χ1) is 9.79. The molecule has 0 aromatic heterocycles. The number of carbonyl (C=O) groups is 1. The second-order valence-corrected chi connectivity index (χ2v) is 7.12. The highest BCUT2D eigenvalue weighted by Gasteiger charge is 2.29. The van der Waals surface area contributed by atoms with E-state index < -0.39 is 11.4 Å². The number of rotatable bonds is 6. The van der Waals surface area contributed by atoms with Crippen molar-refractivity contribution in [2.45, 2.75) is 46.5 Å². The van der Waals surface area contributed by atoms with Gasteiger partial charge < -0.3 is 9.84 Å². The van der Waals surface area contributed by atoms with Gasteiger partial charge in [-0.25, -0.2) is 0 Å². The van der Waals surface area contributed by atoms with Crippen molar-refractivity contribution in [2.75, 3.05) is 6.61 Å². The summed E-state index contributed by atoms with van der Waals surface area (Å²) in [4.78, 5) is 11.4. The molecule has 0 unspecified atom stereocenters. The second kappa shape index (κ2) is 6.27. The quantitative estimate of drug-likeness (QED) is 0.842. The molecule has 21 heavy (non-hydrogen) atoms. The van der Waals surface area contributed by atoms with Crippen molar-refractivity contribution < 1.29 is 14.6 Å². The van der Waals surface area contributed by atoms with Gasteiger partial charge >= 0.3 is 5.97 Å². The zero-order chi connectivity index (χ0) is 15.6. The van der Waals surface area contributed by atoms with Crippen LogP contribution in [0.3, 0.4) is 0 Å². The highest BCUT2D eigenvalue weighted by atomic mass is 35.5. The highest BCUT2D eigenvalue weighted by molar-refractivity contribution is 6.32. The first-order valence-electron chi connectivity index (χ1n) is 7.45. The molecule has 0 heterocycles.